The molecule has 1 atom stereocenters. The maximum atomic E-state index is 12.9. The van der Waals surface area contributed by atoms with Gasteiger partial charge >= 0.3 is 6.18 Å². The van der Waals surface area contributed by atoms with Crippen LogP contribution in [0.3, 0.4) is 0 Å². The van der Waals surface area contributed by atoms with Crippen molar-refractivity contribution in [3.8, 4) is 0 Å². The van der Waals surface area contributed by atoms with Crippen molar-refractivity contribution in [3.05, 3.63) is 22.3 Å². The quantitative estimate of drug-likeness (QED) is 0.734. The number of alkyl halides is 4. The molecular weight excluding hydrogens is 336 g/mol. The molecule has 3 nitrogen and oxygen atoms in total. The Morgan fingerprint density at radius 1 is 1.50 bits per heavy atom. The monoisotopic (exact) mass is 342 g/mol. The van der Waals surface area contributed by atoms with Crippen molar-refractivity contribution >= 4 is 39.3 Å². The summed E-state index contributed by atoms with van der Waals surface area (Å²) < 4.78 is 38.8. The van der Waals surface area contributed by atoms with E-state index in [-0.39, 0.29) is 23.3 Å². The number of carbonyl (C=O) groups excluding carboxylic acids is 1. The fraction of sp³-hybridized carbons (Fsp3) is 0.400. The maximum absolute atomic E-state index is 12.9. The molecule has 1 fully saturated rings. The third-order valence-electron chi connectivity index (χ3n) is 2.47. The molecule has 0 aliphatic carbocycles. The molecule has 1 aromatic rings. The molecule has 1 aliphatic heterocycles. The van der Waals surface area contributed by atoms with Gasteiger partial charge in [0.1, 0.15) is 5.82 Å². The number of pyridine rings is 1. The van der Waals surface area contributed by atoms with Crippen LogP contribution in [0, 0.1) is 0 Å². The normalized spacial score (nSPS) is 20.6. The number of hydrogen-bond donors (Lipinski definition) is 0. The molecule has 0 N–H and O–H groups in total. The summed E-state index contributed by atoms with van der Waals surface area (Å²) in [5.74, 6) is -0.839. The fourth-order valence-electron chi connectivity index (χ4n) is 1.72. The van der Waals surface area contributed by atoms with Gasteiger partial charge in [-0.15, -0.1) is 11.6 Å². The second-order valence-corrected chi connectivity index (χ2v) is 5.36. The van der Waals surface area contributed by atoms with Crippen LogP contribution in [-0.4, -0.2) is 22.8 Å². The molecule has 1 aliphatic rings. The lowest BCUT2D eigenvalue weighted by Gasteiger charge is -2.20. The Morgan fingerprint density at radius 2 is 2.17 bits per heavy atom. The second kappa shape index (κ2) is 4.70. The first-order valence-electron chi connectivity index (χ1n) is 4.96. The molecule has 1 amide bonds. The number of carbonyl (C=O) groups is 1. The average molecular weight is 344 g/mol. The van der Waals surface area contributed by atoms with Gasteiger partial charge in [-0.2, -0.15) is 13.2 Å². The van der Waals surface area contributed by atoms with E-state index in [9.17, 15) is 18.0 Å². The molecular formula is C10H7BrClF3N2O. The highest BCUT2D eigenvalue weighted by molar-refractivity contribution is 9.10. The molecule has 0 spiro atoms. The zero-order valence-corrected chi connectivity index (χ0v) is 11.2. The molecule has 98 valence electrons. The van der Waals surface area contributed by atoms with Gasteiger partial charge in [0.05, 0.1) is 10.9 Å². The number of aromatic nitrogens is 1. The van der Waals surface area contributed by atoms with Crippen LogP contribution < -0.4 is 4.90 Å². The lowest BCUT2D eigenvalue weighted by atomic mass is 10.2. The number of nitrogens with zero attached hydrogens (tertiary/aromatic N) is 2. The lowest BCUT2D eigenvalue weighted by molar-refractivity contribution is -0.137. The van der Waals surface area contributed by atoms with Crippen LogP contribution in [0.25, 0.3) is 0 Å². The Labute approximate surface area is 114 Å². The molecule has 0 radical (unpaired) electrons. The third-order valence-corrected chi connectivity index (χ3v) is 3.20. The number of amides is 1. The van der Waals surface area contributed by atoms with Crippen molar-refractivity contribution in [2.45, 2.75) is 18.0 Å². The number of rotatable bonds is 1. The first kappa shape index (κ1) is 13.6. The van der Waals surface area contributed by atoms with E-state index in [1.165, 1.54) is 6.20 Å². The minimum absolute atomic E-state index is 0.0244. The summed E-state index contributed by atoms with van der Waals surface area (Å²) in [6.07, 6.45) is -3.33. The topological polar surface area (TPSA) is 33.2 Å². The van der Waals surface area contributed by atoms with Crippen molar-refractivity contribution in [1.82, 2.24) is 4.98 Å². The number of halogens is 5. The molecule has 2 heterocycles. The predicted molar refractivity (Wildman–Crippen MR) is 63.6 cm³/mol. The molecule has 0 saturated carbocycles. The highest BCUT2D eigenvalue weighted by Crippen LogP contribution is 2.38. The zero-order valence-electron chi connectivity index (χ0n) is 8.84. The SMILES string of the molecule is O=C1CC(Cl)CN1c1ncc(Br)cc1C(F)(F)F. The lowest BCUT2D eigenvalue weighted by Crippen LogP contribution is -2.28. The number of anilines is 1. The van der Waals surface area contributed by atoms with Crippen molar-refractivity contribution in [2.75, 3.05) is 11.4 Å². The molecule has 18 heavy (non-hydrogen) atoms. The van der Waals surface area contributed by atoms with Crippen LogP contribution in [-0.2, 0) is 11.0 Å². The summed E-state index contributed by atoms with van der Waals surface area (Å²) in [6.45, 7) is 0.0398. The van der Waals surface area contributed by atoms with E-state index in [0.29, 0.717) is 0 Å². The minimum Gasteiger partial charge on any atom is -0.295 e. The molecule has 0 aromatic carbocycles. The van der Waals surface area contributed by atoms with E-state index in [4.69, 9.17) is 11.6 Å². The fourth-order valence-corrected chi connectivity index (χ4v) is 2.33. The van der Waals surface area contributed by atoms with Crippen molar-refractivity contribution < 1.29 is 18.0 Å². The van der Waals surface area contributed by atoms with E-state index in [1.54, 1.807) is 0 Å². The van der Waals surface area contributed by atoms with Crippen LogP contribution in [0.4, 0.5) is 19.0 Å². The Hall–Kier alpha value is -0.820. The van der Waals surface area contributed by atoms with Gasteiger partial charge in [-0.3, -0.25) is 9.69 Å². The third kappa shape index (κ3) is 2.61. The van der Waals surface area contributed by atoms with Gasteiger partial charge in [0.25, 0.3) is 0 Å². The summed E-state index contributed by atoms with van der Waals surface area (Å²) in [4.78, 5) is 16.2. The van der Waals surface area contributed by atoms with E-state index in [1.807, 2.05) is 0 Å². The number of hydrogen-bond acceptors (Lipinski definition) is 2. The van der Waals surface area contributed by atoms with Crippen LogP contribution >= 0.6 is 27.5 Å². The maximum Gasteiger partial charge on any atom is 0.420 e. The first-order chi connectivity index (χ1) is 8.29. The smallest absolute Gasteiger partial charge is 0.295 e. The largest absolute Gasteiger partial charge is 0.420 e. The van der Waals surface area contributed by atoms with Crippen molar-refractivity contribution in [3.63, 3.8) is 0 Å². The van der Waals surface area contributed by atoms with Gasteiger partial charge in [0, 0.05) is 23.6 Å². The Kier molecular flexibility index (Phi) is 3.55. The molecule has 1 unspecified atom stereocenters. The van der Waals surface area contributed by atoms with Gasteiger partial charge in [-0.25, -0.2) is 4.98 Å². The Morgan fingerprint density at radius 3 is 2.67 bits per heavy atom. The second-order valence-electron chi connectivity index (χ2n) is 3.83. The first-order valence-corrected chi connectivity index (χ1v) is 6.19. The summed E-state index contributed by atoms with van der Waals surface area (Å²) in [5, 5.41) is -0.482. The molecule has 2 rings (SSSR count). The van der Waals surface area contributed by atoms with Crippen LogP contribution in [0.2, 0.25) is 0 Å². The molecule has 1 aromatic heterocycles. The summed E-state index contributed by atoms with van der Waals surface area (Å²) >= 11 is 8.70. The minimum atomic E-state index is -4.57. The highest BCUT2D eigenvalue weighted by Gasteiger charge is 2.40. The zero-order chi connectivity index (χ0) is 13.5. The summed E-state index contributed by atoms with van der Waals surface area (Å²) in [7, 11) is 0. The van der Waals surface area contributed by atoms with Crippen molar-refractivity contribution in [1.29, 1.82) is 0 Å². The Balaban J connectivity index is 2.48. The van der Waals surface area contributed by atoms with E-state index < -0.39 is 23.0 Å². The van der Waals surface area contributed by atoms with E-state index >= 15 is 0 Å². The summed E-state index contributed by atoms with van der Waals surface area (Å²) in [5.41, 5.74) is -0.948. The van der Waals surface area contributed by atoms with Gasteiger partial charge in [0.2, 0.25) is 5.91 Å². The standard InChI is InChI=1S/C10H7BrClF3N2O/c11-5-1-7(10(13,14)15)9(16-3-5)17-4-6(12)2-8(17)18/h1,3,6H,2,4H2. The van der Waals surface area contributed by atoms with E-state index in [2.05, 4.69) is 20.9 Å². The Bertz CT molecular complexity index is 495. The van der Waals surface area contributed by atoms with Gasteiger partial charge in [0.15, 0.2) is 0 Å². The summed E-state index contributed by atoms with van der Waals surface area (Å²) in [6, 6.07) is 0.900. The van der Waals surface area contributed by atoms with Gasteiger partial charge in [-0.1, -0.05) is 0 Å². The van der Waals surface area contributed by atoms with Crippen LogP contribution in [0.15, 0.2) is 16.7 Å². The van der Waals surface area contributed by atoms with Crippen molar-refractivity contribution in [2.24, 2.45) is 0 Å². The molecule has 8 heteroatoms. The van der Waals surface area contributed by atoms with Crippen LogP contribution in [0.1, 0.15) is 12.0 Å². The molecule has 1 saturated heterocycles. The highest BCUT2D eigenvalue weighted by atomic mass is 79.9. The van der Waals surface area contributed by atoms with Gasteiger partial charge < -0.3 is 0 Å². The van der Waals surface area contributed by atoms with Gasteiger partial charge in [-0.05, 0) is 22.0 Å². The predicted octanol–water partition coefficient (Wildman–Crippen LogP) is 3.21. The van der Waals surface area contributed by atoms with E-state index in [0.717, 1.165) is 11.0 Å². The molecule has 0 bridgehead atoms. The average Bonchev–Trinajstić information content (AvgIpc) is 2.56. The van der Waals surface area contributed by atoms with Crippen LogP contribution in [0.5, 0.6) is 0 Å².